The molecule has 0 N–H and O–H groups in total. The Morgan fingerprint density at radius 1 is 1.09 bits per heavy atom. The highest BCUT2D eigenvalue weighted by Gasteiger charge is 2.56. The average molecular weight is 304 g/mol. The van der Waals surface area contributed by atoms with Crippen LogP contribution in [0.3, 0.4) is 0 Å². The molecule has 2 aliphatic rings. The fraction of sp³-hybridized carbons (Fsp3) is 0.556. The molecule has 22 heavy (non-hydrogen) atoms. The molecule has 1 saturated heterocycles. The van der Waals surface area contributed by atoms with Crippen molar-refractivity contribution in [2.75, 3.05) is 0 Å². The Hall–Kier alpha value is -1.71. The zero-order valence-electron chi connectivity index (χ0n) is 13.3. The summed E-state index contributed by atoms with van der Waals surface area (Å²) in [5.74, 6) is -1.99. The van der Waals surface area contributed by atoms with Crippen molar-refractivity contribution in [1.82, 2.24) is 0 Å². The molecule has 4 heteroatoms. The van der Waals surface area contributed by atoms with Gasteiger partial charge in [0.05, 0.1) is 0 Å². The molecule has 1 aliphatic carbocycles. The molecule has 1 aromatic carbocycles. The first-order valence-electron chi connectivity index (χ1n) is 7.91. The fourth-order valence-electron chi connectivity index (χ4n) is 4.01. The predicted octanol–water partition coefficient (Wildman–Crippen LogP) is 3.66. The summed E-state index contributed by atoms with van der Waals surface area (Å²) in [6, 6.07) is 1.70. The highest BCUT2D eigenvalue weighted by atomic mass is 19.1. The van der Waals surface area contributed by atoms with Gasteiger partial charge >= 0.3 is 5.97 Å². The van der Waals surface area contributed by atoms with E-state index >= 15 is 0 Å². The van der Waals surface area contributed by atoms with Crippen molar-refractivity contribution >= 4 is 11.8 Å². The van der Waals surface area contributed by atoms with Crippen molar-refractivity contribution in [2.24, 2.45) is 0 Å². The number of hydrogen-bond acceptors (Lipinski definition) is 3. The van der Waals surface area contributed by atoms with Crippen molar-refractivity contribution in [3.63, 3.8) is 0 Å². The van der Waals surface area contributed by atoms with Crippen LogP contribution in [0.25, 0.3) is 0 Å². The molecular weight excluding hydrogens is 283 g/mol. The van der Waals surface area contributed by atoms with E-state index in [1.165, 1.54) is 0 Å². The number of carbonyl (C=O) groups is 2. The summed E-state index contributed by atoms with van der Waals surface area (Å²) in [5, 5.41) is 0. The molecule has 0 amide bonds. The van der Waals surface area contributed by atoms with E-state index < -0.39 is 17.5 Å². The normalized spacial score (nSPS) is 23.9. The summed E-state index contributed by atoms with van der Waals surface area (Å²) in [5.41, 5.74) is 1.24. The molecule has 1 unspecified atom stereocenters. The Bertz CT molecular complexity index is 657. The van der Waals surface area contributed by atoms with Crippen LogP contribution < -0.4 is 0 Å². The minimum absolute atomic E-state index is 0.174. The maximum Gasteiger partial charge on any atom is 0.322 e. The number of Topliss-reactive ketones (excluding diaryl/α,β-unsaturated/α-hetero) is 1. The molecular formula is C18H21FO3. The number of benzene rings is 1. The highest BCUT2D eigenvalue weighted by Crippen LogP contribution is 2.44. The van der Waals surface area contributed by atoms with E-state index in [1.54, 1.807) is 19.9 Å². The smallest absolute Gasteiger partial charge is 0.322 e. The van der Waals surface area contributed by atoms with E-state index in [1.807, 2.05) is 6.92 Å². The van der Waals surface area contributed by atoms with Crippen LogP contribution in [-0.4, -0.2) is 17.4 Å². The zero-order chi connectivity index (χ0) is 16.1. The third-order valence-corrected chi connectivity index (χ3v) is 5.13. The Balaban J connectivity index is 2.08. The van der Waals surface area contributed by atoms with Crippen LogP contribution in [0.15, 0.2) is 6.07 Å². The first-order chi connectivity index (χ1) is 10.4. The fourth-order valence-corrected chi connectivity index (χ4v) is 4.01. The van der Waals surface area contributed by atoms with Gasteiger partial charge in [-0.1, -0.05) is 12.5 Å². The Morgan fingerprint density at radius 2 is 1.73 bits per heavy atom. The highest BCUT2D eigenvalue weighted by molar-refractivity contribution is 6.14. The lowest BCUT2D eigenvalue weighted by Gasteiger charge is -2.30. The number of hydrogen-bond donors (Lipinski definition) is 0. The average Bonchev–Trinajstić information content (AvgIpc) is 2.70. The van der Waals surface area contributed by atoms with E-state index in [2.05, 4.69) is 0 Å². The summed E-state index contributed by atoms with van der Waals surface area (Å²) in [7, 11) is 0. The second-order valence-electron chi connectivity index (χ2n) is 6.64. The van der Waals surface area contributed by atoms with Gasteiger partial charge in [-0.3, -0.25) is 9.59 Å². The maximum atomic E-state index is 14.2. The number of carbonyl (C=O) groups excluding carboxylic acids is 2. The van der Waals surface area contributed by atoms with Gasteiger partial charge < -0.3 is 4.74 Å². The summed E-state index contributed by atoms with van der Waals surface area (Å²) < 4.78 is 19.8. The molecule has 1 aliphatic heterocycles. The van der Waals surface area contributed by atoms with Crippen LogP contribution in [0.2, 0.25) is 0 Å². The number of ketones is 1. The van der Waals surface area contributed by atoms with Gasteiger partial charge in [0.2, 0.25) is 0 Å². The summed E-state index contributed by atoms with van der Waals surface area (Å²) in [6.45, 7) is 5.15. The molecule has 0 aromatic heterocycles. The summed E-state index contributed by atoms with van der Waals surface area (Å²) >= 11 is 0. The maximum absolute atomic E-state index is 14.2. The number of aryl methyl sites for hydroxylation is 2. The number of halogens is 1. The Labute approximate surface area is 129 Å². The molecule has 1 spiro atoms. The second-order valence-corrected chi connectivity index (χ2v) is 6.64. The Kier molecular flexibility index (Phi) is 3.58. The zero-order valence-corrected chi connectivity index (χ0v) is 13.3. The quantitative estimate of drug-likeness (QED) is 0.587. The lowest BCUT2D eigenvalue weighted by atomic mass is 9.76. The van der Waals surface area contributed by atoms with Crippen LogP contribution in [0.5, 0.6) is 0 Å². The lowest BCUT2D eigenvalue weighted by molar-refractivity contribution is -0.154. The molecule has 1 atom stereocenters. The van der Waals surface area contributed by atoms with Gasteiger partial charge in [-0.05, 0) is 68.7 Å². The van der Waals surface area contributed by atoms with Crippen molar-refractivity contribution < 1.29 is 18.7 Å². The van der Waals surface area contributed by atoms with Crippen LogP contribution in [0.1, 0.15) is 60.3 Å². The first-order valence-corrected chi connectivity index (χ1v) is 7.91. The van der Waals surface area contributed by atoms with Gasteiger partial charge in [-0.15, -0.1) is 0 Å². The monoisotopic (exact) mass is 304 g/mol. The van der Waals surface area contributed by atoms with Crippen molar-refractivity contribution in [2.45, 2.75) is 64.4 Å². The second kappa shape index (κ2) is 5.18. The molecule has 118 valence electrons. The van der Waals surface area contributed by atoms with Crippen molar-refractivity contribution in [3.8, 4) is 0 Å². The molecule has 1 heterocycles. The standard InChI is InChI=1S/C18H21FO3/c1-10-9-11(2)15(19)12(3)13(10)14-16(20)18(22-17(14)21)7-5-4-6-8-18/h9,14H,4-8H2,1-3H3. The van der Waals surface area contributed by atoms with Crippen LogP contribution in [0.4, 0.5) is 4.39 Å². The van der Waals surface area contributed by atoms with Crippen molar-refractivity contribution in [1.29, 1.82) is 0 Å². The molecule has 0 radical (unpaired) electrons. The van der Waals surface area contributed by atoms with Gasteiger partial charge in [0.15, 0.2) is 11.4 Å². The van der Waals surface area contributed by atoms with E-state index in [0.717, 1.165) is 24.8 Å². The first kappa shape index (κ1) is 15.2. The van der Waals surface area contributed by atoms with Gasteiger partial charge in [0.1, 0.15) is 11.7 Å². The van der Waals surface area contributed by atoms with Gasteiger partial charge in [0, 0.05) is 0 Å². The van der Waals surface area contributed by atoms with E-state index in [0.29, 0.717) is 29.5 Å². The summed E-state index contributed by atoms with van der Waals surface area (Å²) in [4.78, 5) is 25.3. The summed E-state index contributed by atoms with van der Waals surface area (Å²) in [6.07, 6.45) is 4.05. The molecule has 3 rings (SSSR count). The van der Waals surface area contributed by atoms with Gasteiger partial charge in [-0.2, -0.15) is 0 Å². The lowest BCUT2D eigenvalue weighted by Crippen LogP contribution is -2.39. The number of ether oxygens (including phenoxy) is 1. The number of rotatable bonds is 1. The topological polar surface area (TPSA) is 43.4 Å². The van der Waals surface area contributed by atoms with Crippen molar-refractivity contribution in [3.05, 3.63) is 34.1 Å². The molecule has 0 bridgehead atoms. The van der Waals surface area contributed by atoms with E-state index in [-0.39, 0.29) is 11.6 Å². The third-order valence-electron chi connectivity index (χ3n) is 5.13. The largest absolute Gasteiger partial charge is 0.450 e. The van der Waals surface area contributed by atoms with E-state index in [9.17, 15) is 14.0 Å². The third kappa shape index (κ3) is 2.08. The van der Waals surface area contributed by atoms with Crippen LogP contribution in [0, 0.1) is 26.6 Å². The molecule has 1 aromatic rings. The minimum atomic E-state index is -0.965. The SMILES string of the molecule is Cc1cc(C)c(C2C(=O)OC3(CCCCC3)C2=O)c(C)c1F. The molecule has 3 nitrogen and oxygen atoms in total. The number of esters is 1. The van der Waals surface area contributed by atoms with Crippen LogP contribution in [-0.2, 0) is 14.3 Å². The van der Waals surface area contributed by atoms with Crippen LogP contribution >= 0.6 is 0 Å². The minimum Gasteiger partial charge on any atom is -0.450 e. The molecule has 2 fully saturated rings. The van der Waals surface area contributed by atoms with Gasteiger partial charge in [0.25, 0.3) is 0 Å². The molecule has 1 saturated carbocycles. The Morgan fingerprint density at radius 3 is 2.36 bits per heavy atom. The predicted molar refractivity (Wildman–Crippen MR) is 80.3 cm³/mol. The van der Waals surface area contributed by atoms with Gasteiger partial charge in [-0.25, -0.2) is 4.39 Å². The van der Waals surface area contributed by atoms with E-state index in [4.69, 9.17) is 4.74 Å².